The van der Waals surface area contributed by atoms with Crippen LogP contribution in [0, 0.1) is 0 Å². The molecule has 0 aliphatic carbocycles. The van der Waals surface area contributed by atoms with Gasteiger partial charge in [-0.05, 0) is 36.4 Å². The molecular formula is C16H15ClO4. The topological polar surface area (TPSA) is 44.8 Å². The Hall–Kier alpha value is -2.20. The lowest BCUT2D eigenvalue weighted by Crippen LogP contribution is -2.06. The third kappa shape index (κ3) is 3.89. The van der Waals surface area contributed by atoms with Crippen molar-refractivity contribution in [2.24, 2.45) is 0 Å². The second kappa shape index (κ2) is 6.99. The summed E-state index contributed by atoms with van der Waals surface area (Å²) in [6, 6.07) is 11.9. The van der Waals surface area contributed by atoms with E-state index in [2.05, 4.69) is 0 Å². The summed E-state index contributed by atoms with van der Waals surface area (Å²) in [5.74, 6) is 0.863. The van der Waals surface area contributed by atoms with Crippen LogP contribution in [0.25, 0.3) is 0 Å². The van der Waals surface area contributed by atoms with E-state index < -0.39 is 5.97 Å². The molecular weight excluding hydrogens is 292 g/mol. The predicted molar refractivity (Wildman–Crippen MR) is 80.1 cm³/mol. The summed E-state index contributed by atoms with van der Waals surface area (Å²) in [6.45, 7) is 0.0890. The highest BCUT2D eigenvalue weighted by Gasteiger charge is 2.11. The number of carbonyl (C=O) groups excluding carboxylic acids is 1. The van der Waals surface area contributed by atoms with Crippen LogP contribution in [0.4, 0.5) is 0 Å². The Balaban J connectivity index is 2.10. The summed E-state index contributed by atoms with van der Waals surface area (Å²) < 4.78 is 15.7. The molecule has 0 heterocycles. The van der Waals surface area contributed by atoms with Crippen molar-refractivity contribution in [2.75, 3.05) is 14.2 Å². The summed E-state index contributed by atoms with van der Waals surface area (Å²) in [6.07, 6.45) is 0. The molecule has 2 aromatic carbocycles. The smallest absolute Gasteiger partial charge is 0.338 e. The van der Waals surface area contributed by atoms with Crippen molar-refractivity contribution in [2.45, 2.75) is 6.61 Å². The first-order chi connectivity index (χ1) is 10.1. The predicted octanol–water partition coefficient (Wildman–Crippen LogP) is 3.71. The van der Waals surface area contributed by atoms with E-state index in [1.807, 2.05) is 0 Å². The quantitative estimate of drug-likeness (QED) is 0.790. The van der Waals surface area contributed by atoms with Gasteiger partial charge in [-0.25, -0.2) is 4.79 Å². The van der Waals surface area contributed by atoms with Crippen molar-refractivity contribution in [3.63, 3.8) is 0 Å². The third-order valence-electron chi connectivity index (χ3n) is 2.91. The minimum atomic E-state index is -0.442. The largest absolute Gasteiger partial charge is 0.497 e. The molecule has 0 radical (unpaired) electrons. The number of hydrogen-bond donors (Lipinski definition) is 0. The SMILES string of the molecule is COc1ccc(OC)c(COC(=O)c2cccc(Cl)c2)c1. The van der Waals surface area contributed by atoms with Crippen LogP contribution in [0.15, 0.2) is 42.5 Å². The summed E-state index contributed by atoms with van der Waals surface area (Å²) in [4.78, 5) is 12.0. The van der Waals surface area contributed by atoms with Crippen LogP contribution in [0.1, 0.15) is 15.9 Å². The first-order valence-electron chi connectivity index (χ1n) is 6.27. The fourth-order valence-electron chi connectivity index (χ4n) is 1.84. The Morgan fingerprint density at radius 2 is 1.90 bits per heavy atom. The van der Waals surface area contributed by atoms with Gasteiger partial charge in [0.05, 0.1) is 19.8 Å². The van der Waals surface area contributed by atoms with E-state index in [4.69, 9.17) is 25.8 Å². The lowest BCUT2D eigenvalue weighted by molar-refractivity contribution is 0.0470. The summed E-state index contributed by atoms with van der Waals surface area (Å²) in [7, 11) is 3.13. The van der Waals surface area contributed by atoms with E-state index in [1.54, 1.807) is 56.7 Å². The molecule has 21 heavy (non-hydrogen) atoms. The Morgan fingerprint density at radius 3 is 2.57 bits per heavy atom. The molecule has 0 aliphatic heterocycles. The highest BCUT2D eigenvalue weighted by molar-refractivity contribution is 6.30. The molecule has 0 aromatic heterocycles. The molecule has 4 nitrogen and oxygen atoms in total. The molecule has 0 fully saturated rings. The Kier molecular flexibility index (Phi) is 5.06. The number of halogens is 1. The van der Waals surface area contributed by atoms with Gasteiger partial charge in [-0.1, -0.05) is 17.7 Å². The van der Waals surface area contributed by atoms with Gasteiger partial charge in [-0.15, -0.1) is 0 Å². The fraction of sp³-hybridized carbons (Fsp3) is 0.188. The van der Waals surface area contributed by atoms with Crippen molar-refractivity contribution >= 4 is 17.6 Å². The number of carbonyl (C=O) groups is 1. The van der Waals surface area contributed by atoms with E-state index in [0.717, 1.165) is 5.56 Å². The van der Waals surface area contributed by atoms with Crippen molar-refractivity contribution in [3.8, 4) is 11.5 Å². The van der Waals surface area contributed by atoms with Crippen LogP contribution in [0.3, 0.4) is 0 Å². The van der Waals surface area contributed by atoms with Crippen molar-refractivity contribution in [3.05, 3.63) is 58.6 Å². The number of benzene rings is 2. The van der Waals surface area contributed by atoms with Crippen LogP contribution >= 0.6 is 11.6 Å². The maximum absolute atomic E-state index is 12.0. The number of methoxy groups -OCH3 is 2. The second-order valence-corrected chi connectivity index (χ2v) is 4.70. The fourth-order valence-corrected chi connectivity index (χ4v) is 2.03. The zero-order valence-corrected chi connectivity index (χ0v) is 12.5. The Morgan fingerprint density at radius 1 is 1.10 bits per heavy atom. The standard InChI is InChI=1S/C16H15ClO4/c1-19-14-6-7-15(20-2)12(9-14)10-21-16(18)11-4-3-5-13(17)8-11/h3-9H,10H2,1-2H3. The van der Waals surface area contributed by atoms with Crippen LogP contribution in [-0.4, -0.2) is 20.2 Å². The lowest BCUT2D eigenvalue weighted by Gasteiger charge is -2.11. The average Bonchev–Trinajstić information content (AvgIpc) is 2.52. The minimum absolute atomic E-state index is 0.0890. The van der Waals surface area contributed by atoms with Crippen molar-refractivity contribution in [1.29, 1.82) is 0 Å². The molecule has 0 spiro atoms. The summed E-state index contributed by atoms with van der Waals surface area (Å²) >= 11 is 5.85. The number of ether oxygens (including phenoxy) is 3. The summed E-state index contributed by atoms with van der Waals surface area (Å²) in [5.41, 5.74) is 1.14. The number of rotatable bonds is 5. The van der Waals surface area contributed by atoms with Crippen LogP contribution in [0.2, 0.25) is 5.02 Å². The van der Waals surface area contributed by atoms with E-state index in [0.29, 0.717) is 22.1 Å². The molecule has 0 amide bonds. The van der Waals surface area contributed by atoms with Gasteiger partial charge in [-0.2, -0.15) is 0 Å². The van der Waals surface area contributed by atoms with Gasteiger partial charge in [-0.3, -0.25) is 0 Å². The molecule has 2 rings (SSSR count). The first-order valence-corrected chi connectivity index (χ1v) is 6.65. The molecule has 0 aliphatic rings. The molecule has 2 aromatic rings. The van der Waals surface area contributed by atoms with E-state index in [-0.39, 0.29) is 6.61 Å². The van der Waals surface area contributed by atoms with Gasteiger partial charge in [0.15, 0.2) is 0 Å². The van der Waals surface area contributed by atoms with Gasteiger partial charge < -0.3 is 14.2 Å². The first kappa shape index (κ1) is 15.2. The normalized spacial score (nSPS) is 10.0. The summed E-state index contributed by atoms with van der Waals surface area (Å²) in [5, 5.41) is 0.489. The maximum Gasteiger partial charge on any atom is 0.338 e. The molecule has 110 valence electrons. The molecule has 0 saturated carbocycles. The van der Waals surface area contributed by atoms with E-state index in [1.165, 1.54) is 0 Å². The lowest BCUT2D eigenvalue weighted by atomic mass is 10.2. The van der Waals surface area contributed by atoms with Gasteiger partial charge in [0.2, 0.25) is 0 Å². The zero-order chi connectivity index (χ0) is 15.2. The van der Waals surface area contributed by atoms with Crippen LogP contribution < -0.4 is 9.47 Å². The molecule has 0 unspecified atom stereocenters. The van der Waals surface area contributed by atoms with Gasteiger partial charge in [0.25, 0.3) is 0 Å². The van der Waals surface area contributed by atoms with Gasteiger partial charge in [0, 0.05) is 10.6 Å². The van der Waals surface area contributed by atoms with Gasteiger partial charge >= 0.3 is 5.97 Å². The Labute approximate surface area is 128 Å². The monoisotopic (exact) mass is 306 g/mol. The molecule has 0 atom stereocenters. The zero-order valence-electron chi connectivity index (χ0n) is 11.8. The van der Waals surface area contributed by atoms with E-state index in [9.17, 15) is 4.79 Å². The molecule has 5 heteroatoms. The van der Waals surface area contributed by atoms with E-state index >= 15 is 0 Å². The minimum Gasteiger partial charge on any atom is -0.497 e. The Bertz CT molecular complexity index is 640. The second-order valence-electron chi connectivity index (χ2n) is 4.26. The van der Waals surface area contributed by atoms with Crippen molar-refractivity contribution < 1.29 is 19.0 Å². The van der Waals surface area contributed by atoms with Gasteiger partial charge in [0.1, 0.15) is 18.1 Å². The number of hydrogen-bond acceptors (Lipinski definition) is 4. The molecule has 0 bridgehead atoms. The molecule has 0 N–H and O–H groups in total. The molecule has 0 saturated heterocycles. The highest BCUT2D eigenvalue weighted by Crippen LogP contribution is 2.25. The van der Waals surface area contributed by atoms with Crippen LogP contribution in [-0.2, 0) is 11.3 Å². The maximum atomic E-state index is 12.0. The van der Waals surface area contributed by atoms with Crippen LogP contribution in [0.5, 0.6) is 11.5 Å². The van der Waals surface area contributed by atoms with Crippen molar-refractivity contribution in [1.82, 2.24) is 0 Å². The third-order valence-corrected chi connectivity index (χ3v) is 3.14. The average molecular weight is 307 g/mol. The highest BCUT2D eigenvalue weighted by atomic mass is 35.5. The number of esters is 1.